The van der Waals surface area contributed by atoms with Crippen LogP contribution in [0.15, 0.2) is 0 Å². The Morgan fingerprint density at radius 1 is 1.45 bits per heavy atom. The maximum Gasteiger partial charge on any atom is 0.293 e. The van der Waals surface area contributed by atoms with E-state index in [1.807, 2.05) is 20.8 Å². The van der Waals surface area contributed by atoms with Gasteiger partial charge in [0.15, 0.2) is 0 Å². The average molecular weight is 158 g/mol. The number of hydrogen-bond donors (Lipinski definition) is 0. The average Bonchev–Trinajstić information content (AvgIpc) is 2.41. The molecule has 0 saturated heterocycles. The molecule has 1 fully saturated rings. The van der Waals surface area contributed by atoms with Crippen molar-refractivity contribution < 1.29 is 14.3 Å². The van der Waals surface area contributed by atoms with E-state index in [2.05, 4.69) is 0 Å². The van der Waals surface area contributed by atoms with Crippen molar-refractivity contribution in [1.82, 2.24) is 0 Å². The molecule has 2 unspecified atom stereocenters. The minimum absolute atomic E-state index is 0.0108. The van der Waals surface area contributed by atoms with Crippen molar-refractivity contribution in [2.45, 2.75) is 33.0 Å². The molecule has 0 bridgehead atoms. The van der Waals surface area contributed by atoms with E-state index in [4.69, 9.17) is 9.47 Å². The Hall–Kier alpha value is -0.570. The highest BCUT2D eigenvalue weighted by Gasteiger charge is 2.61. The van der Waals surface area contributed by atoms with E-state index in [1.165, 1.54) is 0 Å². The lowest BCUT2D eigenvalue weighted by atomic mass is 10.2. The molecule has 2 atom stereocenters. The van der Waals surface area contributed by atoms with E-state index in [0.29, 0.717) is 13.1 Å². The topological polar surface area (TPSA) is 35.5 Å². The van der Waals surface area contributed by atoms with Crippen molar-refractivity contribution in [2.75, 3.05) is 6.61 Å². The van der Waals surface area contributed by atoms with Crippen LogP contribution >= 0.6 is 0 Å². The zero-order valence-corrected chi connectivity index (χ0v) is 7.16. The minimum atomic E-state index is -0.0417. The summed E-state index contributed by atoms with van der Waals surface area (Å²) in [6.07, 6.45) is 0.0534. The summed E-state index contributed by atoms with van der Waals surface area (Å²) in [5.41, 5.74) is 0.0108. The summed E-state index contributed by atoms with van der Waals surface area (Å²) in [6, 6.07) is 0. The zero-order chi connectivity index (χ0) is 8.48. The number of carbonyl (C=O) groups is 1. The first kappa shape index (κ1) is 8.53. The molecule has 3 nitrogen and oxygen atoms in total. The molecule has 3 heteroatoms. The quantitative estimate of drug-likeness (QED) is 0.572. The smallest absolute Gasteiger partial charge is 0.293 e. The van der Waals surface area contributed by atoms with Crippen molar-refractivity contribution in [3.63, 3.8) is 0 Å². The van der Waals surface area contributed by atoms with Gasteiger partial charge in [0.25, 0.3) is 6.47 Å². The third-order valence-corrected chi connectivity index (χ3v) is 2.18. The van der Waals surface area contributed by atoms with Gasteiger partial charge in [0.05, 0.1) is 0 Å². The first-order chi connectivity index (χ1) is 5.14. The van der Waals surface area contributed by atoms with Gasteiger partial charge in [-0.25, -0.2) is 0 Å². The molecule has 0 aromatic rings. The largest absolute Gasteiger partial charge is 0.461 e. The van der Waals surface area contributed by atoms with E-state index in [9.17, 15) is 4.79 Å². The summed E-state index contributed by atoms with van der Waals surface area (Å²) in [4.78, 5) is 10.0. The number of ether oxygens (including phenoxy) is 2. The van der Waals surface area contributed by atoms with Gasteiger partial charge in [-0.1, -0.05) is 13.8 Å². The highest BCUT2D eigenvalue weighted by atomic mass is 16.6. The molecule has 0 amide bonds. The van der Waals surface area contributed by atoms with Crippen LogP contribution in [-0.4, -0.2) is 25.3 Å². The fraction of sp³-hybridized carbons (Fsp3) is 0.875. The summed E-state index contributed by atoms with van der Waals surface area (Å²) in [6.45, 7) is 7.16. The van der Waals surface area contributed by atoms with Gasteiger partial charge in [0.1, 0.15) is 12.2 Å². The first-order valence-electron chi connectivity index (χ1n) is 3.85. The Labute approximate surface area is 66.7 Å². The fourth-order valence-electron chi connectivity index (χ4n) is 1.33. The Kier molecular flexibility index (Phi) is 2.18. The Morgan fingerprint density at radius 3 is 2.55 bits per heavy atom. The molecule has 0 spiro atoms. The van der Waals surface area contributed by atoms with Crippen molar-refractivity contribution in [3.8, 4) is 0 Å². The molecule has 0 aromatic heterocycles. The van der Waals surface area contributed by atoms with Crippen LogP contribution in [-0.2, 0) is 14.3 Å². The van der Waals surface area contributed by atoms with E-state index < -0.39 is 0 Å². The predicted molar refractivity (Wildman–Crippen MR) is 40.1 cm³/mol. The molecular weight excluding hydrogens is 144 g/mol. The first-order valence-corrected chi connectivity index (χ1v) is 3.85. The molecule has 0 N–H and O–H groups in total. The molecule has 0 radical (unpaired) electrons. The van der Waals surface area contributed by atoms with E-state index in [-0.39, 0.29) is 17.6 Å². The molecule has 1 aliphatic carbocycles. The van der Waals surface area contributed by atoms with Crippen LogP contribution < -0.4 is 0 Å². The second-order valence-electron chi connectivity index (χ2n) is 3.35. The molecule has 1 rings (SSSR count). The molecule has 11 heavy (non-hydrogen) atoms. The summed E-state index contributed by atoms with van der Waals surface area (Å²) < 4.78 is 10.2. The Bertz CT molecular complexity index is 153. The van der Waals surface area contributed by atoms with Gasteiger partial charge >= 0.3 is 0 Å². The van der Waals surface area contributed by atoms with Crippen molar-refractivity contribution >= 4 is 6.47 Å². The highest BCUT2D eigenvalue weighted by molar-refractivity contribution is 5.39. The molecule has 0 heterocycles. The molecule has 1 aliphatic rings. The van der Waals surface area contributed by atoms with Crippen LogP contribution in [0.2, 0.25) is 0 Å². The van der Waals surface area contributed by atoms with E-state index in [0.717, 1.165) is 0 Å². The maximum atomic E-state index is 10.0. The molecule has 64 valence electrons. The zero-order valence-electron chi connectivity index (χ0n) is 7.16. The van der Waals surface area contributed by atoms with Crippen LogP contribution in [0, 0.1) is 5.41 Å². The Morgan fingerprint density at radius 2 is 2.09 bits per heavy atom. The standard InChI is InChI=1S/C8H14O3/c1-4-10-6-7(11-5-9)8(6,2)3/h5-7H,4H2,1-3H3. The number of hydrogen-bond acceptors (Lipinski definition) is 3. The van der Waals surface area contributed by atoms with Gasteiger partial charge in [0.2, 0.25) is 0 Å². The van der Waals surface area contributed by atoms with E-state index in [1.54, 1.807) is 0 Å². The van der Waals surface area contributed by atoms with Crippen molar-refractivity contribution in [3.05, 3.63) is 0 Å². The minimum Gasteiger partial charge on any atom is -0.461 e. The van der Waals surface area contributed by atoms with Crippen molar-refractivity contribution in [1.29, 1.82) is 0 Å². The summed E-state index contributed by atoms with van der Waals surface area (Å²) >= 11 is 0. The SMILES string of the molecule is CCOC1C(OC=O)C1(C)C. The third kappa shape index (κ3) is 1.38. The van der Waals surface area contributed by atoms with Gasteiger partial charge in [-0.05, 0) is 6.92 Å². The lowest BCUT2D eigenvalue weighted by Crippen LogP contribution is -2.02. The maximum absolute atomic E-state index is 10.0. The normalized spacial score (nSPS) is 33.0. The van der Waals surface area contributed by atoms with Crippen LogP contribution in [0.4, 0.5) is 0 Å². The molecule has 0 aromatic carbocycles. The molecule has 0 aliphatic heterocycles. The fourth-order valence-corrected chi connectivity index (χ4v) is 1.33. The molecular formula is C8H14O3. The predicted octanol–water partition coefficient (Wildman–Crippen LogP) is 0.973. The second-order valence-corrected chi connectivity index (χ2v) is 3.35. The van der Waals surface area contributed by atoms with Crippen LogP contribution in [0.25, 0.3) is 0 Å². The second kappa shape index (κ2) is 2.81. The number of carbonyl (C=O) groups excluding carboxylic acids is 1. The van der Waals surface area contributed by atoms with E-state index >= 15 is 0 Å². The van der Waals surface area contributed by atoms with Gasteiger partial charge < -0.3 is 9.47 Å². The lowest BCUT2D eigenvalue weighted by molar-refractivity contribution is -0.131. The third-order valence-electron chi connectivity index (χ3n) is 2.18. The van der Waals surface area contributed by atoms with Gasteiger partial charge in [-0.2, -0.15) is 0 Å². The Balaban J connectivity index is 2.39. The van der Waals surface area contributed by atoms with Gasteiger partial charge in [0, 0.05) is 12.0 Å². The highest BCUT2D eigenvalue weighted by Crippen LogP contribution is 2.49. The summed E-state index contributed by atoms with van der Waals surface area (Å²) in [7, 11) is 0. The summed E-state index contributed by atoms with van der Waals surface area (Å²) in [5, 5.41) is 0. The van der Waals surface area contributed by atoms with Gasteiger partial charge in [-0.15, -0.1) is 0 Å². The van der Waals surface area contributed by atoms with Gasteiger partial charge in [-0.3, -0.25) is 4.79 Å². The van der Waals surface area contributed by atoms with Crippen LogP contribution in [0.3, 0.4) is 0 Å². The summed E-state index contributed by atoms with van der Waals surface area (Å²) in [5.74, 6) is 0. The number of rotatable bonds is 4. The lowest BCUT2D eigenvalue weighted by Gasteiger charge is -1.98. The monoisotopic (exact) mass is 158 g/mol. The van der Waals surface area contributed by atoms with Crippen molar-refractivity contribution in [2.24, 2.45) is 5.41 Å². The van der Waals surface area contributed by atoms with Crippen LogP contribution in [0.5, 0.6) is 0 Å². The van der Waals surface area contributed by atoms with Crippen LogP contribution in [0.1, 0.15) is 20.8 Å². The molecule has 1 saturated carbocycles.